The fraction of sp³-hybridized carbons (Fsp3) is 0.818. The summed E-state index contributed by atoms with van der Waals surface area (Å²) in [4.78, 5) is 22.5. The Balaban J connectivity index is 3.82. The van der Waals surface area contributed by atoms with Crippen molar-refractivity contribution in [1.82, 2.24) is 10.6 Å². The van der Waals surface area contributed by atoms with Crippen LogP contribution in [0.4, 0.5) is 4.79 Å². The van der Waals surface area contributed by atoms with E-state index in [0.29, 0.717) is 0 Å². The first kappa shape index (κ1) is 15.7. The number of ether oxygens (including phenoxy) is 1. The average Bonchev–Trinajstić information content (AvgIpc) is 2.07. The Morgan fingerprint density at radius 3 is 2.06 bits per heavy atom. The van der Waals surface area contributed by atoms with Gasteiger partial charge < -0.3 is 20.5 Å². The molecule has 6 nitrogen and oxygen atoms in total. The third kappa shape index (κ3) is 11.0. The van der Waals surface area contributed by atoms with Gasteiger partial charge in [0.15, 0.2) is 0 Å². The quantitative estimate of drug-likeness (QED) is 0.670. The fourth-order valence-corrected chi connectivity index (χ4v) is 0.844. The molecule has 0 saturated carbocycles. The van der Waals surface area contributed by atoms with E-state index in [4.69, 9.17) is 4.74 Å². The molecular formula is C11H22N2O4. The van der Waals surface area contributed by atoms with Gasteiger partial charge in [-0.15, -0.1) is 0 Å². The molecule has 6 heteroatoms. The molecular weight excluding hydrogens is 224 g/mol. The van der Waals surface area contributed by atoms with Gasteiger partial charge in [-0.2, -0.15) is 0 Å². The average molecular weight is 246 g/mol. The van der Waals surface area contributed by atoms with E-state index in [2.05, 4.69) is 10.6 Å². The predicted octanol–water partition coefficient (Wildman–Crippen LogP) is 0.398. The summed E-state index contributed by atoms with van der Waals surface area (Å²) in [5, 5.41) is 14.2. The fourth-order valence-electron chi connectivity index (χ4n) is 0.844. The summed E-state index contributed by atoms with van der Waals surface area (Å²) in [6.07, 6.45) is -0.643. The predicted molar refractivity (Wildman–Crippen MR) is 63.5 cm³/mol. The minimum Gasteiger partial charge on any atom is -0.444 e. The van der Waals surface area contributed by atoms with Crippen LogP contribution in [0.3, 0.4) is 0 Å². The van der Waals surface area contributed by atoms with Gasteiger partial charge in [0.1, 0.15) is 5.60 Å². The lowest BCUT2D eigenvalue weighted by atomic mass is 10.1. The van der Waals surface area contributed by atoms with Crippen molar-refractivity contribution in [3.8, 4) is 0 Å². The van der Waals surface area contributed by atoms with Gasteiger partial charge in [-0.05, 0) is 34.6 Å². The summed E-state index contributed by atoms with van der Waals surface area (Å²) in [7, 11) is 0. The van der Waals surface area contributed by atoms with Gasteiger partial charge in [-0.1, -0.05) is 0 Å². The second-order valence-electron chi connectivity index (χ2n) is 5.44. The minimum absolute atomic E-state index is 0.127. The molecule has 0 aromatic rings. The maximum Gasteiger partial charge on any atom is 0.408 e. The summed E-state index contributed by atoms with van der Waals surface area (Å²) in [5.74, 6) is -0.377. The van der Waals surface area contributed by atoms with Crippen LogP contribution in [0.5, 0.6) is 0 Å². The van der Waals surface area contributed by atoms with Crippen LogP contribution in [0.25, 0.3) is 0 Å². The first-order valence-electron chi connectivity index (χ1n) is 5.45. The Labute approximate surface area is 102 Å². The van der Waals surface area contributed by atoms with E-state index in [9.17, 15) is 14.7 Å². The molecule has 0 radical (unpaired) electrons. The first-order valence-corrected chi connectivity index (χ1v) is 5.45. The van der Waals surface area contributed by atoms with E-state index in [1.807, 2.05) is 0 Å². The Morgan fingerprint density at radius 2 is 1.65 bits per heavy atom. The highest BCUT2D eigenvalue weighted by molar-refractivity contribution is 5.82. The number of hydrogen-bond acceptors (Lipinski definition) is 4. The maximum absolute atomic E-state index is 11.3. The molecule has 100 valence electrons. The second kappa shape index (κ2) is 5.86. The van der Waals surface area contributed by atoms with Gasteiger partial charge in [0.25, 0.3) is 0 Å². The number of hydrogen-bond donors (Lipinski definition) is 3. The molecule has 17 heavy (non-hydrogen) atoms. The zero-order chi connectivity index (χ0) is 13.7. The van der Waals surface area contributed by atoms with Crippen molar-refractivity contribution < 1.29 is 19.4 Å². The molecule has 0 unspecified atom stereocenters. The van der Waals surface area contributed by atoms with Crippen molar-refractivity contribution in [3.05, 3.63) is 0 Å². The number of carbonyl (C=O) groups excluding carboxylic acids is 2. The highest BCUT2D eigenvalue weighted by Gasteiger charge is 2.17. The highest BCUT2D eigenvalue weighted by atomic mass is 16.6. The molecule has 0 fully saturated rings. The molecule has 0 atom stereocenters. The largest absolute Gasteiger partial charge is 0.444 e. The molecule has 0 aliphatic carbocycles. The van der Waals surface area contributed by atoms with Crippen LogP contribution in [0.1, 0.15) is 34.6 Å². The van der Waals surface area contributed by atoms with E-state index in [-0.39, 0.29) is 19.0 Å². The molecule has 0 bridgehead atoms. The van der Waals surface area contributed by atoms with Crippen LogP contribution in [-0.2, 0) is 9.53 Å². The van der Waals surface area contributed by atoms with Crippen molar-refractivity contribution >= 4 is 12.0 Å². The Morgan fingerprint density at radius 1 is 1.12 bits per heavy atom. The monoisotopic (exact) mass is 246 g/mol. The zero-order valence-corrected chi connectivity index (χ0v) is 11.1. The molecule has 0 aromatic carbocycles. The van der Waals surface area contributed by atoms with E-state index < -0.39 is 17.3 Å². The van der Waals surface area contributed by atoms with Crippen molar-refractivity contribution in [2.45, 2.75) is 45.8 Å². The lowest BCUT2D eigenvalue weighted by Crippen LogP contribution is -2.44. The molecule has 0 aliphatic heterocycles. The van der Waals surface area contributed by atoms with Gasteiger partial charge in [0.05, 0.1) is 12.1 Å². The van der Waals surface area contributed by atoms with Crippen LogP contribution in [0.15, 0.2) is 0 Å². The van der Waals surface area contributed by atoms with Gasteiger partial charge in [0, 0.05) is 6.54 Å². The lowest BCUT2D eigenvalue weighted by molar-refractivity contribution is -0.121. The number of carbonyl (C=O) groups is 2. The van der Waals surface area contributed by atoms with E-state index in [1.165, 1.54) is 0 Å². The summed E-state index contributed by atoms with van der Waals surface area (Å²) < 4.78 is 4.95. The van der Waals surface area contributed by atoms with Crippen LogP contribution in [0.2, 0.25) is 0 Å². The number of aliphatic hydroxyl groups is 1. The van der Waals surface area contributed by atoms with E-state index in [1.54, 1.807) is 34.6 Å². The van der Waals surface area contributed by atoms with Crippen LogP contribution in [-0.4, -0.2) is 41.4 Å². The SMILES string of the molecule is CC(C)(O)CNC(=O)CNC(=O)OC(C)(C)C. The van der Waals surface area contributed by atoms with E-state index >= 15 is 0 Å². The van der Waals surface area contributed by atoms with Gasteiger partial charge in [0.2, 0.25) is 5.91 Å². The number of rotatable bonds is 4. The van der Waals surface area contributed by atoms with Gasteiger partial charge >= 0.3 is 6.09 Å². The Kier molecular flexibility index (Phi) is 5.41. The second-order valence-corrected chi connectivity index (χ2v) is 5.44. The molecule has 0 spiro atoms. The summed E-state index contributed by atoms with van der Waals surface area (Å²) in [6.45, 7) is 8.32. The highest BCUT2D eigenvalue weighted by Crippen LogP contribution is 2.06. The molecule has 2 amide bonds. The van der Waals surface area contributed by atoms with Crippen LogP contribution in [0, 0.1) is 0 Å². The molecule has 0 rings (SSSR count). The molecule has 0 aliphatic rings. The summed E-state index contributed by atoms with van der Waals surface area (Å²) in [5.41, 5.74) is -1.56. The van der Waals surface area contributed by atoms with Crippen LogP contribution >= 0.6 is 0 Å². The zero-order valence-electron chi connectivity index (χ0n) is 11.1. The standard InChI is InChI=1S/C11H22N2O4/c1-10(2,3)17-9(15)12-6-8(14)13-7-11(4,5)16/h16H,6-7H2,1-5H3,(H,12,15)(H,13,14). The van der Waals surface area contributed by atoms with Crippen LogP contribution < -0.4 is 10.6 Å². The number of amides is 2. The van der Waals surface area contributed by atoms with Crippen molar-refractivity contribution in [3.63, 3.8) is 0 Å². The van der Waals surface area contributed by atoms with Crippen molar-refractivity contribution in [2.24, 2.45) is 0 Å². The van der Waals surface area contributed by atoms with Gasteiger partial charge in [-0.3, -0.25) is 4.79 Å². The topological polar surface area (TPSA) is 87.7 Å². The molecule has 0 heterocycles. The Bertz CT molecular complexity index is 276. The Hall–Kier alpha value is -1.30. The number of alkyl carbamates (subject to hydrolysis) is 1. The van der Waals surface area contributed by atoms with Crippen molar-refractivity contribution in [1.29, 1.82) is 0 Å². The summed E-state index contributed by atoms with van der Waals surface area (Å²) >= 11 is 0. The first-order chi connectivity index (χ1) is 7.49. The molecule has 3 N–H and O–H groups in total. The smallest absolute Gasteiger partial charge is 0.408 e. The molecule has 0 saturated heterocycles. The molecule has 0 aromatic heterocycles. The van der Waals surface area contributed by atoms with Crippen molar-refractivity contribution in [2.75, 3.05) is 13.1 Å². The summed E-state index contributed by atoms with van der Waals surface area (Å²) in [6, 6.07) is 0. The number of nitrogens with one attached hydrogen (secondary N) is 2. The maximum atomic E-state index is 11.3. The minimum atomic E-state index is -0.971. The third-order valence-electron chi connectivity index (χ3n) is 1.51. The van der Waals surface area contributed by atoms with Gasteiger partial charge in [-0.25, -0.2) is 4.79 Å². The third-order valence-corrected chi connectivity index (χ3v) is 1.51. The normalized spacial score (nSPS) is 11.9. The lowest BCUT2D eigenvalue weighted by Gasteiger charge is -2.20. The van der Waals surface area contributed by atoms with E-state index in [0.717, 1.165) is 0 Å².